The van der Waals surface area contributed by atoms with E-state index in [4.69, 9.17) is 9.47 Å². The first-order chi connectivity index (χ1) is 19.0. The number of hydrogen-bond donors (Lipinski definition) is 0. The Kier molecular flexibility index (Phi) is 22.7. The van der Waals surface area contributed by atoms with E-state index in [1.54, 1.807) is 0 Å². The van der Waals surface area contributed by atoms with Gasteiger partial charge in [-0.05, 0) is 77.4 Å². The van der Waals surface area contributed by atoms with E-state index in [0.29, 0.717) is 12.8 Å². The van der Waals surface area contributed by atoms with Crippen molar-refractivity contribution in [3.63, 3.8) is 0 Å². The molecular weight excluding hydrogens is 486 g/mol. The third-order valence-corrected chi connectivity index (χ3v) is 8.52. The van der Waals surface area contributed by atoms with Crippen molar-refractivity contribution in [2.24, 2.45) is 11.8 Å². The average molecular weight is 552 g/mol. The minimum atomic E-state index is -0.114. The van der Waals surface area contributed by atoms with Crippen molar-refractivity contribution in [2.45, 2.75) is 167 Å². The summed E-state index contributed by atoms with van der Waals surface area (Å²) in [5.41, 5.74) is 0. The standard InChI is InChI=1S/C34H65NO4/c1-5-6-7-8-11-16-22-30-29-31(30)23-17-12-9-13-18-24-32(39-34(37)27-21-28-35(2)3)25-19-14-10-15-20-26-33(36)38-4/h30-32H,5-29H2,1-4H3. The Morgan fingerprint density at radius 3 is 1.69 bits per heavy atom. The summed E-state index contributed by atoms with van der Waals surface area (Å²) in [7, 11) is 5.53. The number of nitrogens with zero attached hydrogens (tertiary/aromatic N) is 1. The fraction of sp³-hybridized carbons (Fsp3) is 0.941. The van der Waals surface area contributed by atoms with Crippen LogP contribution in [0, 0.1) is 11.8 Å². The fourth-order valence-corrected chi connectivity index (χ4v) is 5.83. The van der Waals surface area contributed by atoms with Crippen LogP contribution in [-0.2, 0) is 19.1 Å². The summed E-state index contributed by atoms with van der Waals surface area (Å²) >= 11 is 0. The Balaban J connectivity index is 2.12. The Morgan fingerprint density at radius 1 is 0.667 bits per heavy atom. The van der Waals surface area contributed by atoms with Crippen molar-refractivity contribution in [3.05, 3.63) is 0 Å². The van der Waals surface area contributed by atoms with Crippen LogP contribution in [-0.4, -0.2) is 50.7 Å². The lowest BCUT2D eigenvalue weighted by atomic mass is 10.0. The molecule has 0 spiro atoms. The maximum atomic E-state index is 12.4. The highest BCUT2D eigenvalue weighted by atomic mass is 16.5. The van der Waals surface area contributed by atoms with E-state index >= 15 is 0 Å². The summed E-state index contributed by atoms with van der Waals surface area (Å²) in [4.78, 5) is 25.8. The number of methoxy groups -OCH3 is 1. The Labute approximate surface area is 242 Å². The highest BCUT2D eigenvalue weighted by Crippen LogP contribution is 2.45. The van der Waals surface area contributed by atoms with Gasteiger partial charge in [0.15, 0.2) is 0 Å². The third-order valence-electron chi connectivity index (χ3n) is 8.52. The van der Waals surface area contributed by atoms with Gasteiger partial charge in [0.1, 0.15) is 6.10 Å². The molecule has 3 unspecified atom stereocenters. The van der Waals surface area contributed by atoms with Crippen molar-refractivity contribution in [1.82, 2.24) is 4.90 Å². The number of carbonyl (C=O) groups is 2. The zero-order chi connectivity index (χ0) is 28.6. The van der Waals surface area contributed by atoms with Crippen molar-refractivity contribution < 1.29 is 19.1 Å². The zero-order valence-corrected chi connectivity index (χ0v) is 26.5. The summed E-state index contributed by atoms with van der Waals surface area (Å²) in [5, 5.41) is 0. The topological polar surface area (TPSA) is 55.8 Å². The molecule has 1 aliphatic carbocycles. The molecule has 0 N–H and O–H groups in total. The SMILES string of the molecule is CCCCCCCCC1CC1CCCCCCCC(CCCCCCCC(=O)OC)OC(=O)CCCN(C)C. The van der Waals surface area contributed by atoms with Crippen molar-refractivity contribution in [1.29, 1.82) is 0 Å². The molecule has 0 amide bonds. The quantitative estimate of drug-likeness (QED) is 0.0716. The lowest BCUT2D eigenvalue weighted by molar-refractivity contribution is -0.150. The van der Waals surface area contributed by atoms with Crippen molar-refractivity contribution in [3.8, 4) is 0 Å². The lowest BCUT2D eigenvalue weighted by Gasteiger charge is -2.18. The van der Waals surface area contributed by atoms with Gasteiger partial charge in [-0.3, -0.25) is 9.59 Å². The molecule has 0 saturated heterocycles. The molecule has 0 aromatic heterocycles. The van der Waals surface area contributed by atoms with Crippen LogP contribution in [0.3, 0.4) is 0 Å². The van der Waals surface area contributed by atoms with Gasteiger partial charge in [0, 0.05) is 12.8 Å². The minimum absolute atomic E-state index is 0.0279. The smallest absolute Gasteiger partial charge is 0.306 e. The van der Waals surface area contributed by atoms with Gasteiger partial charge in [0.25, 0.3) is 0 Å². The molecule has 1 saturated carbocycles. The maximum Gasteiger partial charge on any atom is 0.306 e. The molecule has 1 rings (SSSR count). The van der Waals surface area contributed by atoms with E-state index < -0.39 is 0 Å². The Hall–Kier alpha value is -1.10. The van der Waals surface area contributed by atoms with Crippen molar-refractivity contribution in [2.75, 3.05) is 27.7 Å². The number of esters is 2. The Morgan fingerprint density at radius 2 is 1.15 bits per heavy atom. The van der Waals surface area contributed by atoms with Crippen LogP contribution in [0.15, 0.2) is 0 Å². The van der Waals surface area contributed by atoms with E-state index in [0.717, 1.165) is 69.7 Å². The van der Waals surface area contributed by atoms with E-state index in [9.17, 15) is 9.59 Å². The normalized spacial score (nSPS) is 17.4. The molecule has 0 aromatic carbocycles. The number of carbonyl (C=O) groups excluding carboxylic acids is 2. The molecule has 0 aromatic rings. The number of ether oxygens (including phenoxy) is 2. The minimum Gasteiger partial charge on any atom is -0.469 e. The molecule has 5 heteroatoms. The highest BCUT2D eigenvalue weighted by molar-refractivity contribution is 5.69. The monoisotopic (exact) mass is 551 g/mol. The van der Waals surface area contributed by atoms with Crippen LogP contribution in [0.25, 0.3) is 0 Å². The van der Waals surface area contributed by atoms with Gasteiger partial charge >= 0.3 is 11.9 Å². The number of unbranched alkanes of at least 4 members (excludes halogenated alkanes) is 13. The highest BCUT2D eigenvalue weighted by Gasteiger charge is 2.35. The van der Waals surface area contributed by atoms with Gasteiger partial charge in [-0.25, -0.2) is 0 Å². The summed E-state index contributed by atoms with van der Waals surface area (Å²) < 4.78 is 10.6. The Bertz CT molecular complexity index is 594. The third kappa shape index (κ3) is 22.3. The van der Waals surface area contributed by atoms with Gasteiger partial charge in [0.05, 0.1) is 7.11 Å². The predicted octanol–water partition coefficient (Wildman–Crippen LogP) is 9.26. The van der Waals surface area contributed by atoms with Gasteiger partial charge < -0.3 is 14.4 Å². The second-order valence-electron chi connectivity index (χ2n) is 12.6. The van der Waals surface area contributed by atoms with E-state index in [2.05, 4.69) is 11.8 Å². The molecule has 0 aliphatic heterocycles. The second kappa shape index (κ2) is 24.7. The summed E-state index contributed by atoms with van der Waals surface area (Å²) in [6.07, 6.45) is 28.7. The molecular formula is C34H65NO4. The predicted molar refractivity (Wildman–Crippen MR) is 164 cm³/mol. The van der Waals surface area contributed by atoms with Gasteiger partial charge in [0.2, 0.25) is 0 Å². The molecule has 1 fully saturated rings. The lowest BCUT2D eigenvalue weighted by Crippen LogP contribution is -2.20. The van der Waals surface area contributed by atoms with E-state index in [1.807, 2.05) is 14.1 Å². The largest absolute Gasteiger partial charge is 0.469 e. The summed E-state index contributed by atoms with van der Waals surface area (Å²) in [6.45, 7) is 3.21. The molecule has 0 heterocycles. The molecule has 39 heavy (non-hydrogen) atoms. The number of rotatable bonds is 28. The molecule has 230 valence electrons. The van der Waals surface area contributed by atoms with Crippen molar-refractivity contribution >= 4 is 11.9 Å². The van der Waals surface area contributed by atoms with Crippen LogP contribution in [0.4, 0.5) is 0 Å². The first kappa shape index (κ1) is 35.9. The maximum absolute atomic E-state index is 12.4. The van der Waals surface area contributed by atoms with Crippen LogP contribution in [0.2, 0.25) is 0 Å². The van der Waals surface area contributed by atoms with E-state index in [1.165, 1.54) is 97.0 Å². The first-order valence-electron chi connectivity index (χ1n) is 16.9. The summed E-state index contributed by atoms with van der Waals surface area (Å²) in [6, 6.07) is 0. The molecule has 0 radical (unpaired) electrons. The van der Waals surface area contributed by atoms with Crippen LogP contribution < -0.4 is 0 Å². The van der Waals surface area contributed by atoms with Gasteiger partial charge in [-0.2, -0.15) is 0 Å². The zero-order valence-electron chi connectivity index (χ0n) is 26.5. The molecule has 5 nitrogen and oxygen atoms in total. The van der Waals surface area contributed by atoms with Crippen LogP contribution in [0.5, 0.6) is 0 Å². The summed E-state index contributed by atoms with van der Waals surface area (Å²) in [5.74, 6) is 1.95. The van der Waals surface area contributed by atoms with Crippen LogP contribution in [0.1, 0.15) is 161 Å². The second-order valence-corrected chi connectivity index (χ2v) is 12.6. The van der Waals surface area contributed by atoms with E-state index in [-0.39, 0.29) is 18.0 Å². The average Bonchev–Trinajstić information content (AvgIpc) is 3.66. The molecule has 1 aliphatic rings. The van der Waals surface area contributed by atoms with Crippen LogP contribution >= 0.6 is 0 Å². The molecule has 0 bridgehead atoms. The molecule has 3 atom stereocenters. The number of hydrogen-bond acceptors (Lipinski definition) is 5. The van der Waals surface area contributed by atoms with Gasteiger partial charge in [-0.1, -0.05) is 103 Å². The first-order valence-corrected chi connectivity index (χ1v) is 16.9. The van der Waals surface area contributed by atoms with Gasteiger partial charge in [-0.15, -0.1) is 0 Å². The fourth-order valence-electron chi connectivity index (χ4n) is 5.83.